The van der Waals surface area contributed by atoms with E-state index in [1.807, 2.05) is 51.1 Å². The van der Waals surface area contributed by atoms with Crippen molar-refractivity contribution in [1.82, 2.24) is 0 Å². The number of aryl methyl sites for hydroxylation is 1. The second kappa shape index (κ2) is 9.37. The van der Waals surface area contributed by atoms with Crippen LogP contribution in [0.2, 0.25) is 0 Å². The number of benzene rings is 4. The molecule has 0 aliphatic heterocycles. The molecule has 0 saturated carbocycles. The van der Waals surface area contributed by atoms with E-state index in [2.05, 4.69) is 82.8 Å². The molecule has 0 radical (unpaired) electrons. The Kier molecular flexibility index (Phi) is 5.92. The van der Waals surface area contributed by atoms with Crippen molar-refractivity contribution in [2.24, 2.45) is 5.41 Å². The molecule has 0 aromatic heterocycles. The van der Waals surface area contributed by atoms with Crippen LogP contribution in [0.15, 0.2) is 78.9 Å². The summed E-state index contributed by atoms with van der Waals surface area (Å²) in [5, 5.41) is 0. The molecule has 0 saturated heterocycles. The Morgan fingerprint density at radius 3 is 2.03 bits per heavy atom. The molecular formula is C37H42FN. The van der Waals surface area contributed by atoms with Gasteiger partial charge in [0.2, 0.25) is 0 Å². The number of halogens is 1. The van der Waals surface area contributed by atoms with Gasteiger partial charge in [-0.15, -0.1) is 0 Å². The van der Waals surface area contributed by atoms with E-state index >= 15 is 4.39 Å². The lowest BCUT2D eigenvalue weighted by molar-refractivity contribution is 0.410. The maximum Gasteiger partial charge on any atom is 0.125 e. The average Bonchev–Trinajstić information content (AvgIpc) is 3.09. The molecule has 0 fully saturated rings. The van der Waals surface area contributed by atoms with E-state index in [0.29, 0.717) is 16.8 Å². The molecule has 0 spiro atoms. The van der Waals surface area contributed by atoms with E-state index < -0.39 is 17.3 Å². The Morgan fingerprint density at radius 1 is 0.744 bits per heavy atom. The number of nitrogens with zero attached hydrogens (tertiary/aromatic N) is 1. The predicted molar refractivity (Wildman–Crippen MR) is 166 cm³/mol. The minimum atomic E-state index is -1.77. The minimum Gasteiger partial charge on any atom is -0.336 e. The summed E-state index contributed by atoms with van der Waals surface area (Å²) in [6, 6.07) is 25.7. The number of fused-ring (bicyclic) bond motifs is 3. The van der Waals surface area contributed by atoms with Gasteiger partial charge in [0.15, 0.2) is 0 Å². The van der Waals surface area contributed by atoms with Crippen molar-refractivity contribution in [2.75, 3.05) is 4.90 Å². The summed E-state index contributed by atoms with van der Waals surface area (Å²) in [4.78, 5) is 2.16. The third kappa shape index (κ3) is 4.91. The highest BCUT2D eigenvalue weighted by atomic mass is 19.1. The van der Waals surface area contributed by atoms with Crippen molar-refractivity contribution < 1.29 is 7.13 Å². The highest BCUT2D eigenvalue weighted by Gasteiger charge is 2.37. The first kappa shape index (κ1) is 24.6. The van der Waals surface area contributed by atoms with Crippen molar-refractivity contribution in [3.05, 3.63) is 107 Å². The zero-order valence-electron chi connectivity index (χ0n) is 26.8. The fourth-order valence-corrected chi connectivity index (χ4v) is 6.06. The normalized spacial score (nSPS) is 15.3. The molecule has 2 heteroatoms. The minimum absolute atomic E-state index is 0.129. The molecule has 0 atom stereocenters. The standard InChI is InChI=1S/C37H42FN/c1-24-19-32-29(27-17-13-14-18-31(27)37(32,8)9)22-33(24)39(36(5,6)7)34-21-26(38)20-28(25-15-11-10-12-16-25)30(34)23-35(2,3)4/h10-22H,23H2,1-9H3/i23D2. The summed E-state index contributed by atoms with van der Waals surface area (Å²) in [6.45, 7) is 18.7. The van der Waals surface area contributed by atoms with Crippen molar-refractivity contribution >= 4 is 11.4 Å². The number of hydrogen-bond donors (Lipinski definition) is 0. The van der Waals surface area contributed by atoms with Crippen LogP contribution in [0.4, 0.5) is 15.8 Å². The maximum atomic E-state index is 15.7. The van der Waals surface area contributed by atoms with E-state index in [-0.39, 0.29) is 11.2 Å². The topological polar surface area (TPSA) is 3.24 Å². The first-order chi connectivity index (χ1) is 19.0. The molecular weight excluding hydrogens is 477 g/mol. The van der Waals surface area contributed by atoms with E-state index in [4.69, 9.17) is 0 Å². The van der Waals surface area contributed by atoms with Gasteiger partial charge in [-0.05, 0) is 102 Å². The second-order valence-corrected chi connectivity index (χ2v) is 13.4. The lowest BCUT2D eigenvalue weighted by atomic mass is 9.81. The van der Waals surface area contributed by atoms with Crippen LogP contribution in [0.5, 0.6) is 0 Å². The number of anilines is 2. The second-order valence-electron chi connectivity index (χ2n) is 13.4. The molecule has 0 N–H and O–H groups in total. The molecule has 1 aliphatic rings. The van der Waals surface area contributed by atoms with Crippen molar-refractivity contribution in [1.29, 1.82) is 0 Å². The zero-order chi connectivity index (χ0) is 30.1. The molecule has 0 heterocycles. The van der Waals surface area contributed by atoms with E-state index in [9.17, 15) is 2.74 Å². The van der Waals surface area contributed by atoms with Gasteiger partial charge in [0, 0.05) is 25.1 Å². The Labute approximate surface area is 237 Å². The summed E-state index contributed by atoms with van der Waals surface area (Å²) in [6.07, 6.45) is -1.77. The van der Waals surface area contributed by atoms with Gasteiger partial charge in [-0.1, -0.05) is 95.3 Å². The van der Waals surface area contributed by atoms with Gasteiger partial charge in [0.25, 0.3) is 0 Å². The average molecular weight is 522 g/mol. The van der Waals surface area contributed by atoms with Gasteiger partial charge in [-0.25, -0.2) is 4.39 Å². The van der Waals surface area contributed by atoms with Crippen LogP contribution in [-0.4, -0.2) is 5.54 Å². The number of hydrogen-bond acceptors (Lipinski definition) is 1. The molecule has 0 bridgehead atoms. The summed E-state index contributed by atoms with van der Waals surface area (Å²) in [7, 11) is 0. The lowest BCUT2D eigenvalue weighted by Crippen LogP contribution is -2.39. The summed E-state index contributed by atoms with van der Waals surface area (Å²) in [5.41, 5.74) is 8.10. The molecule has 202 valence electrons. The lowest BCUT2D eigenvalue weighted by Gasteiger charge is -2.41. The molecule has 39 heavy (non-hydrogen) atoms. The summed E-state index contributed by atoms with van der Waals surface area (Å²) < 4.78 is 34.8. The molecule has 0 unspecified atom stereocenters. The predicted octanol–water partition coefficient (Wildman–Crippen LogP) is 10.6. The molecule has 5 rings (SSSR count). The summed E-state index contributed by atoms with van der Waals surface area (Å²) in [5.74, 6) is -0.383. The smallest absolute Gasteiger partial charge is 0.125 e. The Balaban J connectivity index is 1.88. The van der Waals surface area contributed by atoms with Gasteiger partial charge in [0.1, 0.15) is 5.82 Å². The first-order valence-corrected chi connectivity index (χ1v) is 13.9. The van der Waals surface area contributed by atoms with Gasteiger partial charge >= 0.3 is 0 Å². The fourth-order valence-electron chi connectivity index (χ4n) is 6.06. The first-order valence-electron chi connectivity index (χ1n) is 14.9. The van der Waals surface area contributed by atoms with Crippen LogP contribution in [0.25, 0.3) is 22.3 Å². The Hall–Kier alpha value is -3.39. The Bertz CT molecular complexity index is 1620. The van der Waals surface area contributed by atoms with Crippen LogP contribution < -0.4 is 4.90 Å². The van der Waals surface area contributed by atoms with E-state index in [0.717, 1.165) is 16.8 Å². The molecule has 4 aromatic carbocycles. The van der Waals surface area contributed by atoms with Crippen LogP contribution >= 0.6 is 0 Å². The molecule has 1 nitrogen and oxygen atoms in total. The quantitative estimate of drug-likeness (QED) is 0.258. The van der Waals surface area contributed by atoms with E-state index in [1.54, 1.807) is 0 Å². The van der Waals surface area contributed by atoms with Gasteiger partial charge < -0.3 is 4.90 Å². The monoisotopic (exact) mass is 521 g/mol. The van der Waals surface area contributed by atoms with Crippen molar-refractivity contribution in [3.8, 4) is 22.3 Å². The Morgan fingerprint density at radius 2 is 1.38 bits per heavy atom. The van der Waals surface area contributed by atoms with Crippen LogP contribution in [0, 0.1) is 18.2 Å². The third-order valence-electron chi connectivity index (χ3n) is 7.72. The molecule has 1 aliphatic carbocycles. The third-order valence-corrected chi connectivity index (χ3v) is 7.72. The highest BCUT2D eigenvalue weighted by Crippen LogP contribution is 2.52. The highest BCUT2D eigenvalue weighted by molar-refractivity contribution is 5.87. The summed E-state index contributed by atoms with van der Waals surface area (Å²) >= 11 is 0. The van der Waals surface area contributed by atoms with Crippen LogP contribution in [0.1, 0.15) is 80.4 Å². The van der Waals surface area contributed by atoms with E-state index in [1.165, 1.54) is 34.4 Å². The van der Waals surface area contributed by atoms with Crippen molar-refractivity contribution in [2.45, 2.75) is 79.6 Å². The fraction of sp³-hybridized carbons (Fsp3) is 0.351. The largest absolute Gasteiger partial charge is 0.336 e. The number of rotatable bonds is 4. The van der Waals surface area contributed by atoms with Gasteiger partial charge in [0.05, 0.1) is 0 Å². The SMILES string of the molecule is [2H]C([2H])(c1c(-c2ccccc2)cc(F)cc1N(c1cc2c(cc1C)C(C)(C)c1ccccc1-2)C(C)(C)C)C(C)(C)C. The van der Waals surface area contributed by atoms with Gasteiger partial charge in [-0.2, -0.15) is 0 Å². The molecule has 4 aromatic rings. The zero-order valence-corrected chi connectivity index (χ0v) is 24.8. The maximum absolute atomic E-state index is 15.7. The van der Waals surface area contributed by atoms with Crippen LogP contribution in [0.3, 0.4) is 0 Å². The van der Waals surface area contributed by atoms with Crippen LogP contribution in [-0.2, 0) is 11.8 Å². The van der Waals surface area contributed by atoms with Gasteiger partial charge in [-0.3, -0.25) is 0 Å². The molecule has 0 amide bonds. The van der Waals surface area contributed by atoms with Crippen molar-refractivity contribution in [3.63, 3.8) is 0 Å².